The van der Waals surface area contributed by atoms with Crippen molar-refractivity contribution in [2.75, 3.05) is 12.5 Å². The number of para-hydroxylation sites is 2. The summed E-state index contributed by atoms with van der Waals surface area (Å²) in [7, 11) is 1.24. The maximum absolute atomic E-state index is 2.61. The monoisotopic (exact) mass is 770 g/mol. The van der Waals surface area contributed by atoms with E-state index in [-0.39, 0.29) is 0 Å². The summed E-state index contributed by atoms with van der Waals surface area (Å²) in [6, 6.07) is 51.6. The van der Waals surface area contributed by atoms with Crippen molar-refractivity contribution in [2.24, 2.45) is 14.1 Å². The minimum atomic E-state index is -1.92. The van der Waals surface area contributed by atoms with Crippen molar-refractivity contribution in [3.05, 3.63) is 155 Å². The Morgan fingerprint density at radius 1 is 0.526 bits per heavy atom. The molecule has 2 aromatic heterocycles. The highest BCUT2D eigenvalue weighted by atomic mass is 32.3. The third-order valence-electron chi connectivity index (χ3n) is 14.3. The molecule has 0 radical (unpaired) electrons. The fraction of sp³-hybridized carbons (Fsp3) is 0.170. The Labute approximate surface area is 337 Å². The van der Waals surface area contributed by atoms with Crippen molar-refractivity contribution in [2.45, 2.75) is 42.1 Å². The smallest absolute Gasteiger partial charge is 0.109 e. The molecule has 278 valence electrons. The number of fused-ring (bicyclic) bond motifs is 14. The molecule has 0 saturated heterocycles. The van der Waals surface area contributed by atoms with Gasteiger partial charge in [0.25, 0.3) is 0 Å². The van der Waals surface area contributed by atoms with Gasteiger partial charge in [0.15, 0.2) is 0 Å². The van der Waals surface area contributed by atoms with Gasteiger partial charge in [-0.3, -0.25) is 0 Å². The lowest BCUT2D eigenvalue weighted by Crippen LogP contribution is -2.42. The summed E-state index contributed by atoms with van der Waals surface area (Å²) < 4.78 is 4.65. The van der Waals surface area contributed by atoms with E-state index in [1.807, 2.05) is 0 Å². The molecular formula is C53H46N2SSi. The molecule has 12 rings (SSSR count). The Morgan fingerprint density at radius 2 is 1.04 bits per heavy atom. The first kappa shape index (κ1) is 33.6. The molecule has 0 amide bonds. The van der Waals surface area contributed by atoms with Crippen molar-refractivity contribution in [3.63, 3.8) is 0 Å². The molecule has 0 saturated carbocycles. The lowest BCUT2D eigenvalue weighted by Gasteiger charge is -2.33. The topological polar surface area (TPSA) is 9.86 Å². The van der Waals surface area contributed by atoms with Gasteiger partial charge in [0.2, 0.25) is 0 Å². The molecule has 0 spiro atoms. The third-order valence-corrected chi connectivity index (χ3v) is 20.9. The maximum atomic E-state index is 2.61. The van der Waals surface area contributed by atoms with Crippen LogP contribution in [0, 0.1) is 0 Å². The van der Waals surface area contributed by atoms with Gasteiger partial charge in [0, 0.05) is 67.5 Å². The van der Waals surface area contributed by atoms with Crippen LogP contribution in [0.4, 0.5) is 0 Å². The van der Waals surface area contributed by atoms with E-state index in [0.29, 0.717) is 5.92 Å². The summed E-state index contributed by atoms with van der Waals surface area (Å²) in [6.45, 7) is 7.72. The average Bonchev–Trinajstić information content (AvgIpc) is 3.85. The van der Waals surface area contributed by atoms with Gasteiger partial charge in [-0.1, -0.05) is 110 Å². The summed E-state index contributed by atoms with van der Waals surface area (Å²) in [5.41, 5.74) is 19.5. The van der Waals surface area contributed by atoms with Gasteiger partial charge < -0.3 is 9.13 Å². The first-order chi connectivity index (χ1) is 27.5. The standard InChI is InChI=1S/C53H46N2SSi/c1-31-26-50-52(39-21-17-35(30-49(39)57(50,6)7)33-19-24-46-42(28-33)37-13-9-11-15-44(37)55(46)3)40-22-25-47-53(51(31)40)38-20-16-34(29-48(38)56(47,4)5)32-18-23-45-41(27-32)36-12-8-10-14-43(36)54(45)2/h8-25,27-31H,26H2,1-7H3. The highest BCUT2D eigenvalue weighted by molar-refractivity contribution is 8.33. The second-order valence-electron chi connectivity index (χ2n) is 17.9. The van der Waals surface area contributed by atoms with Crippen LogP contribution in [0.2, 0.25) is 13.1 Å². The van der Waals surface area contributed by atoms with Gasteiger partial charge in [0.05, 0.1) is 0 Å². The number of allylic oxidation sites excluding steroid dienone is 1. The van der Waals surface area contributed by atoms with E-state index < -0.39 is 18.1 Å². The second kappa shape index (κ2) is 11.3. The van der Waals surface area contributed by atoms with Crippen LogP contribution in [0.3, 0.4) is 0 Å². The van der Waals surface area contributed by atoms with E-state index in [1.165, 1.54) is 93.0 Å². The zero-order valence-electron chi connectivity index (χ0n) is 33.8. The predicted octanol–water partition coefficient (Wildman–Crippen LogP) is 13.6. The fourth-order valence-electron chi connectivity index (χ4n) is 11.3. The quantitative estimate of drug-likeness (QED) is 0.155. The lowest BCUT2D eigenvalue weighted by atomic mass is 9.77. The van der Waals surface area contributed by atoms with Crippen LogP contribution in [0.1, 0.15) is 36.0 Å². The predicted molar refractivity (Wildman–Crippen MR) is 249 cm³/mol. The van der Waals surface area contributed by atoms with Crippen molar-refractivity contribution in [1.82, 2.24) is 9.13 Å². The number of benzene rings is 7. The molecule has 1 atom stereocenters. The average molecular weight is 771 g/mol. The van der Waals surface area contributed by atoms with E-state index >= 15 is 0 Å². The SMILES string of the molecule is CC1CC2=C(c3ccc(-c4ccc5c(c4)c4ccccc4n5C)cc3[Si]2(C)C)c2ccc3c(c21)-c1ccc(-c2ccc4c(c2)c2ccccc2n4C)cc1S3(C)C. The highest BCUT2D eigenvalue weighted by Gasteiger charge is 2.45. The van der Waals surface area contributed by atoms with Crippen LogP contribution in [0.15, 0.2) is 148 Å². The minimum Gasteiger partial charge on any atom is -0.344 e. The third kappa shape index (κ3) is 4.33. The molecule has 0 N–H and O–H groups in total. The number of aryl methyl sites for hydroxylation is 2. The molecule has 9 aromatic rings. The molecule has 7 aromatic carbocycles. The van der Waals surface area contributed by atoms with Crippen LogP contribution in [0.25, 0.3) is 82.6 Å². The van der Waals surface area contributed by atoms with Gasteiger partial charge in [-0.05, 0) is 134 Å². The van der Waals surface area contributed by atoms with Crippen LogP contribution in [-0.4, -0.2) is 29.7 Å². The largest absolute Gasteiger partial charge is 0.344 e. The molecule has 0 bridgehead atoms. The molecule has 1 aliphatic carbocycles. The Balaban J connectivity index is 0.975. The molecular weight excluding hydrogens is 725 g/mol. The van der Waals surface area contributed by atoms with Crippen molar-refractivity contribution in [1.29, 1.82) is 0 Å². The molecule has 2 nitrogen and oxygen atoms in total. The number of rotatable bonds is 2. The van der Waals surface area contributed by atoms with Gasteiger partial charge in [0.1, 0.15) is 8.07 Å². The van der Waals surface area contributed by atoms with Crippen molar-refractivity contribution >= 4 is 72.5 Å². The van der Waals surface area contributed by atoms with E-state index in [9.17, 15) is 0 Å². The molecule has 4 heterocycles. The summed E-state index contributed by atoms with van der Waals surface area (Å²) in [6.07, 6.45) is 6.20. The molecule has 2 aliphatic heterocycles. The number of hydrogen-bond donors (Lipinski definition) is 0. The van der Waals surface area contributed by atoms with Crippen molar-refractivity contribution in [3.8, 4) is 33.4 Å². The van der Waals surface area contributed by atoms with E-state index in [4.69, 9.17) is 0 Å². The van der Waals surface area contributed by atoms with Gasteiger partial charge >= 0.3 is 0 Å². The number of aromatic nitrogens is 2. The van der Waals surface area contributed by atoms with Crippen LogP contribution >= 0.6 is 10.0 Å². The summed E-state index contributed by atoms with van der Waals surface area (Å²) in [4.78, 5) is 3.09. The number of hydrogen-bond acceptors (Lipinski definition) is 0. The Bertz CT molecular complexity index is 3310. The Morgan fingerprint density at radius 3 is 1.67 bits per heavy atom. The first-order valence-corrected chi connectivity index (χ1v) is 25.9. The van der Waals surface area contributed by atoms with Gasteiger partial charge in [-0.15, -0.1) is 0 Å². The normalized spacial score (nSPS) is 17.9. The summed E-state index contributed by atoms with van der Waals surface area (Å²) in [5, 5.41) is 8.65. The number of nitrogens with zero attached hydrogens (tertiary/aromatic N) is 2. The van der Waals surface area contributed by atoms with Gasteiger partial charge in [-0.25, -0.2) is 0 Å². The van der Waals surface area contributed by atoms with Crippen molar-refractivity contribution < 1.29 is 0 Å². The summed E-state index contributed by atoms with van der Waals surface area (Å²) in [5.74, 6) is 0.470. The first-order valence-electron chi connectivity index (χ1n) is 20.4. The van der Waals surface area contributed by atoms with E-state index in [2.05, 4.69) is 189 Å². The minimum absolute atomic E-state index is 0.470. The molecule has 3 aliphatic rings. The highest BCUT2D eigenvalue weighted by Crippen LogP contribution is 2.70. The summed E-state index contributed by atoms with van der Waals surface area (Å²) >= 11 is 0. The molecule has 57 heavy (non-hydrogen) atoms. The van der Waals surface area contributed by atoms with E-state index in [0.717, 1.165) is 6.42 Å². The Hall–Kier alpha value is -5.55. The fourth-order valence-corrected chi connectivity index (χ4v) is 17.3. The van der Waals surface area contributed by atoms with Crippen LogP contribution < -0.4 is 5.19 Å². The van der Waals surface area contributed by atoms with Crippen LogP contribution in [-0.2, 0) is 14.1 Å². The lowest BCUT2D eigenvalue weighted by molar-refractivity contribution is 0.756. The molecule has 0 fully saturated rings. The zero-order chi connectivity index (χ0) is 38.7. The zero-order valence-corrected chi connectivity index (χ0v) is 35.6. The van der Waals surface area contributed by atoms with Crippen LogP contribution in [0.5, 0.6) is 0 Å². The second-order valence-corrected chi connectivity index (χ2v) is 25.8. The molecule has 1 unspecified atom stereocenters. The maximum Gasteiger partial charge on any atom is 0.109 e. The van der Waals surface area contributed by atoms with E-state index in [1.54, 1.807) is 26.4 Å². The molecule has 4 heteroatoms. The van der Waals surface area contributed by atoms with Gasteiger partial charge in [-0.2, -0.15) is 10.0 Å². The Kier molecular flexibility index (Phi) is 6.66.